The number of carbonyl (C=O) groups excluding carboxylic acids is 4. The molecule has 0 aliphatic rings. The second-order valence-corrected chi connectivity index (χ2v) is 8.15. The molecule has 1 aromatic carbocycles. The highest BCUT2D eigenvalue weighted by atomic mass is 32.1. The summed E-state index contributed by atoms with van der Waals surface area (Å²) in [4.78, 5) is 52.7. The molecule has 0 bridgehead atoms. The lowest BCUT2D eigenvalue weighted by molar-refractivity contribution is -0.123. The van der Waals surface area contributed by atoms with E-state index in [1.807, 2.05) is 44.2 Å². The van der Waals surface area contributed by atoms with Crippen LogP contribution >= 0.6 is 11.3 Å². The zero-order chi connectivity index (χ0) is 23.5. The first kappa shape index (κ1) is 25.0. The highest BCUT2D eigenvalue weighted by Crippen LogP contribution is 2.12. The number of thiazole rings is 1. The van der Waals surface area contributed by atoms with Crippen molar-refractivity contribution in [2.75, 3.05) is 13.2 Å². The van der Waals surface area contributed by atoms with E-state index in [1.54, 1.807) is 6.92 Å². The smallest absolute Gasteiger partial charge is 0.408 e. The Morgan fingerprint density at radius 2 is 1.81 bits per heavy atom. The highest BCUT2D eigenvalue weighted by Gasteiger charge is 2.24. The number of Topliss-reactive ketones (excluding diaryl/α,β-unsaturated/α-hetero) is 1. The fraction of sp³-hybridized carbons (Fsp3) is 0.409. The van der Waals surface area contributed by atoms with Gasteiger partial charge in [-0.05, 0) is 24.8 Å². The van der Waals surface area contributed by atoms with Gasteiger partial charge < -0.3 is 20.1 Å². The van der Waals surface area contributed by atoms with E-state index in [0.717, 1.165) is 16.9 Å². The van der Waals surface area contributed by atoms with E-state index in [-0.39, 0.29) is 36.4 Å². The van der Waals surface area contributed by atoms with Gasteiger partial charge in [0.2, 0.25) is 11.7 Å². The molecule has 1 heterocycles. The zero-order valence-electron chi connectivity index (χ0n) is 18.3. The molecule has 2 rings (SSSR count). The first-order chi connectivity index (χ1) is 15.3. The number of hydrogen-bond acceptors (Lipinski definition) is 8. The quantitative estimate of drug-likeness (QED) is 0.389. The number of ether oxygens (including phenoxy) is 2. The molecule has 0 radical (unpaired) electrons. The first-order valence-electron chi connectivity index (χ1n) is 10.2. The van der Waals surface area contributed by atoms with E-state index >= 15 is 0 Å². The predicted molar refractivity (Wildman–Crippen MR) is 118 cm³/mol. The lowest BCUT2D eigenvalue weighted by Gasteiger charge is -2.19. The normalized spacial score (nSPS) is 11.5. The molecule has 0 spiro atoms. The van der Waals surface area contributed by atoms with Gasteiger partial charge in [-0.1, -0.05) is 44.2 Å². The molecule has 32 heavy (non-hydrogen) atoms. The van der Waals surface area contributed by atoms with Crippen LogP contribution in [-0.2, 0) is 20.9 Å². The van der Waals surface area contributed by atoms with E-state index in [1.165, 1.54) is 5.38 Å². The molecule has 0 saturated carbocycles. The number of hydrogen-bond donors (Lipinski definition) is 2. The van der Waals surface area contributed by atoms with Crippen LogP contribution < -0.4 is 10.6 Å². The molecule has 2 N–H and O–H groups in total. The van der Waals surface area contributed by atoms with Crippen LogP contribution in [0.3, 0.4) is 0 Å². The summed E-state index contributed by atoms with van der Waals surface area (Å²) in [5, 5.41) is 6.59. The maximum absolute atomic E-state index is 12.6. The predicted octanol–water partition coefficient (Wildman–Crippen LogP) is 2.96. The van der Waals surface area contributed by atoms with Crippen molar-refractivity contribution < 1.29 is 28.7 Å². The molecule has 9 nitrogen and oxygen atoms in total. The summed E-state index contributed by atoms with van der Waals surface area (Å²) >= 11 is 0.995. The average molecular weight is 462 g/mol. The fourth-order valence-electron chi connectivity index (χ4n) is 2.68. The number of rotatable bonds is 11. The van der Waals surface area contributed by atoms with Gasteiger partial charge in [-0.15, -0.1) is 11.3 Å². The molecule has 0 saturated heterocycles. The van der Waals surface area contributed by atoms with Gasteiger partial charge in [0.1, 0.15) is 12.6 Å². The van der Waals surface area contributed by atoms with Crippen LogP contribution in [0, 0.1) is 5.92 Å². The molecule has 2 aromatic rings. The fourth-order valence-corrected chi connectivity index (χ4v) is 3.40. The molecule has 10 heteroatoms. The number of esters is 1. The van der Waals surface area contributed by atoms with Crippen LogP contribution in [0.5, 0.6) is 0 Å². The zero-order valence-corrected chi connectivity index (χ0v) is 19.1. The van der Waals surface area contributed by atoms with Gasteiger partial charge in [0.05, 0.1) is 13.2 Å². The molecule has 1 atom stereocenters. The van der Waals surface area contributed by atoms with Gasteiger partial charge in [-0.25, -0.2) is 14.6 Å². The lowest BCUT2D eigenvalue weighted by Crippen LogP contribution is -2.48. The maximum atomic E-state index is 12.6. The van der Waals surface area contributed by atoms with Gasteiger partial charge in [0.25, 0.3) is 0 Å². The van der Waals surface area contributed by atoms with Crippen molar-refractivity contribution in [1.82, 2.24) is 15.6 Å². The average Bonchev–Trinajstić information content (AvgIpc) is 3.26. The first-order valence-corrected chi connectivity index (χ1v) is 11.1. The van der Waals surface area contributed by atoms with Gasteiger partial charge in [0, 0.05) is 5.38 Å². The topological polar surface area (TPSA) is 124 Å². The van der Waals surface area contributed by atoms with Gasteiger partial charge >= 0.3 is 12.1 Å². The molecule has 0 unspecified atom stereocenters. The minimum absolute atomic E-state index is 0.0482. The second-order valence-electron chi connectivity index (χ2n) is 7.29. The molecule has 0 aliphatic carbocycles. The van der Waals surface area contributed by atoms with E-state index in [9.17, 15) is 19.2 Å². The highest BCUT2D eigenvalue weighted by molar-refractivity contribution is 7.12. The number of nitrogens with one attached hydrogen (secondary N) is 2. The van der Waals surface area contributed by atoms with Crippen LogP contribution in [-0.4, -0.2) is 47.9 Å². The minimum Gasteiger partial charge on any atom is -0.461 e. The molecule has 0 aliphatic heterocycles. The van der Waals surface area contributed by atoms with Crippen LogP contribution in [0.1, 0.15) is 53.0 Å². The van der Waals surface area contributed by atoms with E-state index in [0.29, 0.717) is 6.42 Å². The van der Waals surface area contributed by atoms with Crippen molar-refractivity contribution in [3.05, 3.63) is 52.0 Å². The number of ketones is 1. The minimum atomic E-state index is -0.863. The van der Waals surface area contributed by atoms with E-state index in [2.05, 4.69) is 15.6 Å². The SMILES string of the molecule is CCOC(=O)c1csc(C(=O)CNC(=O)[C@H](CC(C)C)NC(=O)OCc2ccccc2)n1. The Morgan fingerprint density at radius 1 is 1.09 bits per heavy atom. The standard InChI is InChI=1S/C22H27N3O6S/c1-4-30-21(28)17-13-32-20(24-17)18(26)11-23-19(27)16(10-14(2)3)25-22(29)31-12-15-8-6-5-7-9-15/h5-9,13-14,16H,4,10-12H2,1-3H3,(H,23,27)(H,25,29)/t16-/m0/s1. The van der Waals surface area contributed by atoms with Crippen molar-refractivity contribution in [2.24, 2.45) is 5.92 Å². The maximum Gasteiger partial charge on any atom is 0.408 e. The molecular formula is C22H27N3O6S. The Balaban J connectivity index is 1.89. The molecule has 2 amide bonds. The van der Waals surface area contributed by atoms with E-state index in [4.69, 9.17) is 9.47 Å². The Morgan fingerprint density at radius 3 is 2.47 bits per heavy atom. The largest absolute Gasteiger partial charge is 0.461 e. The Kier molecular flexibility index (Phi) is 9.80. The lowest BCUT2D eigenvalue weighted by atomic mass is 10.0. The molecule has 172 valence electrons. The number of alkyl carbamates (subject to hydrolysis) is 1. The second kappa shape index (κ2) is 12.6. The van der Waals surface area contributed by atoms with E-state index < -0.39 is 29.8 Å². The molecular weight excluding hydrogens is 434 g/mol. The van der Waals surface area contributed by atoms with Crippen molar-refractivity contribution in [2.45, 2.75) is 39.8 Å². The number of aromatic nitrogens is 1. The van der Waals surface area contributed by atoms with Gasteiger partial charge in [0.15, 0.2) is 10.7 Å². The summed E-state index contributed by atoms with van der Waals surface area (Å²) in [5.41, 5.74) is 0.871. The third-order valence-electron chi connectivity index (χ3n) is 4.18. The summed E-state index contributed by atoms with van der Waals surface area (Å²) in [6, 6.07) is 8.31. The summed E-state index contributed by atoms with van der Waals surface area (Å²) in [5.74, 6) is -1.45. The summed E-state index contributed by atoms with van der Waals surface area (Å²) in [6.07, 6.45) is -0.356. The third-order valence-corrected chi connectivity index (χ3v) is 5.06. The van der Waals surface area contributed by atoms with Crippen LogP contribution in [0.25, 0.3) is 0 Å². The summed E-state index contributed by atoms with van der Waals surface area (Å²) in [7, 11) is 0. The Hall–Kier alpha value is -3.27. The summed E-state index contributed by atoms with van der Waals surface area (Å²) in [6.45, 7) is 5.46. The van der Waals surface area contributed by atoms with Crippen LogP contribution in [0.2, 0.25) is 0 Å². The third kappa shape index (κ3) is 8.10. The van der Waals surface area contributed by atoms with Crippen molar-refractivity contribution in [1.29, 1.82) is 0 Å². The monoisotopic (exact) mass is 461 g/mol. The number of amides is 2. The Labute approximate surface area is 190 Å². The molecule has 0 fully saturated rings. The number of nitrogens with zero attached hydrogens (tertiary/aromatic N) is 1. The Bertz CT molecular complexity index is 929. The number of benzene rings is 1. The van der Waals surface area contributed by atoms with Gasteiger partial charge in [-0.3, -0.25) is 9.59 Å². The summed E-state index contributed by atoms with van der Waals surface area (Å²) < 4.78 is 10.0. The molecule has 1 aromatic heterocycles. The van der Waals surface area contributed by atoms with Crippen LogP contribution in [0.4, 0.5) is 4.79 Å². The number of carbonyl (C=O) groups is 4. The van der Waals surface area contributed by atoms with Crippen LogP contribution in [0.15, 0.2) is 35.7 Å². The van der Waals surface area contributed by atoms with Gasteiger partial charge in [-0.2, -0.15) is 0 Å². The van der Waals surface area contributed by atoms with Crippen molar-refractivity contribution >= 4 is 35.1 Å². The van der Waals surface area contributed by atoms with Crippen molar-refractivity contribution in [3.8, 4) is 0 Å². The van der Waals surface area contributed by atoms with Crippen molar-refractivity contribution in [3.63, 3.8) is 0 Å².